The molecule has 1 aliphatic heterocycles. The molecule has 35 heavy (non-hydrogen) atoms. The first-order valence-corrected chi connectivity index (χ1v) is 12.6. The summed E-state index contributed by atoms with van der Waals surface area (Å²) in [6.07, 6.45) is 11.8. The van der Waals surface area contributed by atoms with E-state index in [9.17, 15) is 14.7 Å². The van der Waals surface area contributed by atoms with Crippen molar-refractivity contribution < 1.29 is 33.6 Å². The predicted molar refractivity (Wildman–Crippen MR) is 134 cm³/mol. The van der Waals surface area contributed by atoms with Crippen molar-refractivity contribution in [2.45, 2.75) is 64.6 Å². The molecule has 1 amide bonds. The van der Waals surface area contributed by atoms with E-state index >= 15 is 0 Å². The largest absolute Gasteiger partial charge is 0.480 e. The number of carbonyl (C=O) groups excluding carboxylic acids is 1. The average molecular weight is 497 g/mol. The zero-order valence-electron chi connectivity index (χ0n) is 21.5. The Morgan fingerprint density at radius 1 is 1.11 bits per heavy atom. The fourth-order valence-electron chi connectivity index (χ4n) is 4.26. The molecule has 9 heteroatoms. The second-order valence-electron chi connectivity index (χ2n) is 8.71. The fraction of sp³-hybridized carbons (Fsp3) is 0.769. The number of ether oxygens (including phenoxy) is 4. The van der Waals surface area contributed by atoms with Gasteiger partial charge < -0.3 is 29.4 Å². The van der Waals surface area contributed by atoms with Crippen molar-refractivity contribution in [1.29, 1.82) is 0 Å². The zero-order valence-corrected chi connectivity index (χ0v) is 21.5. The number of allylic oxidation sites excluding steroid dienone is 1. The maximum atomic E-state index is 12.7. The SMILES string of the molecule is C#CCOCCOCCOCCOCCC(=O)NC(C(C)CCC)C1NC(C(=O)O)CC1/C=C\C. The van der Waals surface area contributed by atoms with E-state index in [0.717, 1.165) is 12.8 Å². The molecule has 0 aromatic rings. The molecule has 5 unspecified atom stereocenters. The van der Waals surface area contributed by atoms with Gasteiger partial charge >= 0.3 is 5.97 Å². The summed E-state index contributed by atoms with van der Waals surface area (Å²) >= 11 is 0. The van der Waals surface area contributed by atoms with Gasteiger partial charge in [-0.05, 0) is 31.6 Å². The Bertz CT molecular complexity index is 665. The van der Waals surface area contributed by atoms with Gasteiger partial charge in [0.05, 0.1) is 46.2 Å². The number of carboxylic acids is 1. The number of hydrogen-bond donors (Lipinski definition) is 3. The van der Waals surface area contributed by atoms with Gasteiger partial charge in [0.2, 0.25) is 5.91 Å². The highest BCUT2D eigenvalue weighted by molar-refractivity contribution is 5.77. The van der Waals surface area contributed by atoms with Gasteiger partial charge in [-0.15, -0.1) is 6.42 Å². The zero-order chi connectivity index (χ0) is 25.9. The predicted octanol–water partition coefficient (Wildman–Crippen LogP) is 2.00. The Balaban J connectivity index is 2.34. The topological polar surface area (TPSA) is 115 Å². The summed E-state index contributed by atoms with van der Waals surface area (Å²) < 4.78 is 21.4. The van der Waals surface area contributed by atoms with Crippen LogP contribution in [0.15, 0.2) is 12.2 Å². The summed E-state index contributed by atoms with van der Waals surface area (Å²) in [5.41, 5.74) is 0. The minimum Gasteiger partial charge on any atom is -0.480 e. The van der Waals surface area contributed by atoms with Crippen molar-refractivity contribution >= 4 is 11.9 Å². The molecule has 0 bridgehead atoms. The van der Waals surface area contributed by atoms with E-state index < -0.39 is 12.0 Å². The van der Waals surface area contributed by atoms with E-state index in [1.54, 1.807) is 0 Å². The van der Waals surface area contributed by atoms with E-state index in [0.29, 0.717) is 52.7 Å². The van der Waals surface area contributed by atoms with Crippen LogP contribution >= 0.6 is 0 Å². The number of hydrogen-bond acceptors (Lipinski definition) is 7. The van der Waals surface area contributed by atoms with Crippen LogP contribution in [-0.2, 0) is 28.5 Å². The summed E-state index contributed by atoms with van der Waals surface area (Å²) in [7, 11) is 0. The molecule has 1 fully saturated rings. The maximum absolute atomic E-state index is 12.7. The van der Waals surface area contributed by atoms with Crippen LogP contribution in [0.1, 0.15) is 46.5 Å². The number of aliphatic carboxylic acids is 1. The standard InChI is InChI=1S/C26H44N2O7/c1-5-8-20(4)24(25-21(9-6-2)19-22(27-25)26(30)31)28-23(29)10-12-33-14-16-35-18-17-34-15-13-32-11-7-3/h3,6,9,20-22,24-25,27H,5,8,10-19H2,1-2,4H3,(H,28,29)(H,30,31)/b9-6-. The molecule has 1 heterocycles. The Labute approximate surface area is 210 Å². The van der Waals surface area contributed by atoms with E-state index in [4.69, 9.17) is 25.4 Å². The van der Waals surface area contributed by atoms with Crippen LogP contribution in [0.5, 0.6) is 0 Å². The molecule has 0 aromatic carbocycles. The molecule has 0 saturated carbocycles. The molecular weight excluding hydrogens is 452 g/mol. The molecule has 200 valence electrons. The van der Waals surface area contributed by atoms with Crippen molar-refractivity contribution in [3.8, 4) is 12.3 Å². The normalized spacial score (nSPS) is 21.6. The second kappa shape index (κ2) is 19.3. The van der Waals surface area contributed by atoms with Gasteiger partial charge in [0.15, 0.2) is 0 Å². The van der Waals surface area contributed by atoms with E-state index in [1.165, 1.54) is 0 Å². The second-order valence-corrected chi connectivity index (χ2v) is 8.71. The first kappa shape index (κ1) is 31.1. The monoisotopic (exact) mass is 496 g/mol. The van der Waals surface area contributed by atoms with E-state index in [1.807, 2.05) is 19.1 Å². The lowest BCUT2D eigenvalue weighted by Crippen LogP contribution is -2.54. The van der Waals surface area contributed by atoms with Crippen molar-refractivity contribution in [3.05, 3.63) is 12.2 Å². The highest BCUT2D eigenvalue weighted by atomic mass is 16.6. The third kappa shape index (κ3) is 13.1. The molecular formula is C26H44N2O7. The van der Waals surface area contributed by atoms with Crippen LogP contribution in [-0.4, -0.2) is 88.0 Å². The van der Waals surface area contributed by atoms with Gasteiger partial charge in [0, 0.05) is 18.5 Å². The van der Waals surface area contributed by atoms with Gasteiger partial charge in [-0.25, -0.2) is 0 Å². The van der Waals surface area contributed by atoms with Crippen molar-refractivity contribution in [2.75, 3.05) is 52.9 Å². The Morgan fingerprint density at radius 3 is 2.26 bits per heavy atom. The van der Waals surface area contributed by atoms with Crippen molar-refractivity contribution in [2.24, 2.45) is 11.8 Å². The number of carbonyl (C=O) groups is 2. The molecule has 0 radical (unpaired) electrons. The highest BCUT2D eigenvalue weighted by Crippen LogP contribution is 2.29. The van der Waals surface area contributed by atoms with Gasteiger partial charge in [0.25, 0.3) is 0 Å². The lowest BCUT2D eigenvalue weighted by Gasteiger charge is -2.33. The molecule has 1 aliphatic rings. The van der Waals surface area contributed by atoms with Gasteiger partial charge in [-0.2, -0.15) is 0 Å². The van der Waals surface area contributed by atoms with Crippen LogP contribution in [0.25, 0.3) is 0 Å². The van der Waals surface area contributed by atoms with Gasteiger partial charge in [-0.3, -0.25) is 14.9 Å². The number of amides is 1. The third-order valence-electron chi connectivity index (χ3n) is 5.95. The first-order valence-electron chi connectivity index (χ1n) is 12.6. The van der Waals surface area contributed by atoms with E-state index in [2.05, 4.69) is 30.4 Å². The molecule has 3 N–H and O–H groups in total. The minimum absolute atomic E-state index is 0.0542. The van der Waals surface area contributed by atoms with Crippen LogP contribution in [0.2, 0.25) is 0 Å². The van der Waals surface area contributed by atoms with Gasteiger partial charge in [-0.1, -0.05) is 38.3 Å². The lowest BCUT2D eigenvalue weighted by atomic mass is 9.84. The Hall–Kier alpha value is -1.96. The summed E-state index contributed by atoms with van der Waals surface area (Å²) in [6.45, 7) is 9.38. The Morgan fingerprint density at radius 2 is 1.71 bits per heavy atom. The number of terminal acetylenes is 1. The average Bonchev–Trinajstić information content (AvgIpc) is 3.25. The quantitative estimate of drug-likeness (QED) is 0.133. The van der Waals surface area contributed by atoms with E-state index in [-0.39, 0.29) is 42.9 Å². The number of rotatable bonds is 20. The lowest BCUT2D eigenvalue weighted by molar-refractivity contribution is -0.139. The first-order chi connectivity index (χ1) is 16.9. The molecule has 9 nitrogen and oxygen atoms in total. The van der Waals surface area contributed by atoms with Crippen LogP contribution in [0, 0.1) is 24.2 Å². The minimum atomic E-state index is -0.855. The third-order valence-corrected chi connectivity index (χ3v) is 5.95. The van der Waals surface area contributed by atoms with Crippen molar-refractivity contribution in [1.82, 2.24) is 10.6 Å². The smallest absolute Gasteiger partial charge is 0.320 e. The summed E-state index contributed by atoms with van der Waals surface area (Å²) in [6, 6.07) is -0.892. The summed E-state index contributed by atoms with van der Waals surface area (Å²) in [5, 5.41) is 15.9. The molecule has 0 spiro atoms. The number of carboxylic acid groups (broad SMARTS) is 1. The molecule has 1 saturated heterocycles. The molecule has 0 aromatic heterocycles. The maximum Gasteiger partial charge on any atom is 0.320 e. The van der Waals surface area contributed by atoms with Crippen molar-refractivity contribution in [3.63, 3.8) is 0 Å². The van der Waals surface area contributed by atoms with Crippen LogP contribution in [0.3, 0.4) is 0 Å². The molecule has 1 rings (SSSR count). The molecule has 0 aliphatic carbocycles. The Kier molecular flexibility index (Phi) is 17.1. The summed E-state index contributed by atoms with van der Waals surface area (Å²) in [5.74, 6) is 1.70. The number of nitrogens with one attached hydrogen (secondary N) is 2. The molecule has 5 atom stereocenters. The highest BCUT2D eigenvalue weighted by Gasteiger charge is 2.42. The fourth-order valence-corrected chi connectivity index (χ4v) is 4.26. The summed E-state index contributed by atoms with van der Waals surface area (Å²) in [4.78, 5) is 24.2. The van der Waals surface area contributed by atoms with Gasteiger partial charge in [0.1, 0.15) is 12.6 Å². The van der Waals surface area contributed by atoms with Crippen LogP contribution in [0.4, 0.5) is 0 Å². The van der Waals surface area contributed by atoms with Crippen LogP contribution < -0.4 is 10.6 Å².